The van der Waals surface area contributed by atoms with Crippen molar-refractivity contribution in [3.63, 3.8) is 0 Å². The topological polar surface area (TPSA) is 79.5 Å². The highest BCUT2D eigenvalue weighted by atomic mass is 32.2. The maximum atomic E-state index is 12.2. The number of furan rings is 1. The molecule has 2 rings (SSSR count). The van der Waals surface area contributed by atoms with Crippen molar-refractivity contribution >= 4 is 16.1 Å². The summed E-state index contributed by atoms with van der Waals surface area (Å²) in [5, 5.41) is 9.35. The van der Waals surface area contributed by atoms with Gasteiger partial charge in [0.25, 0.3) is 0 Å². The van der Waals surface area contributed by atoms with Crippen molar-refractivity contribution in [1.82, 2.24) is 4.72 Å². The molecule has 0 aliphatic heterocycles. The second kappa shape index (κ2) is 7.40. The minimum atomic E-state index is -3.64. The summed E-state index contributed by atoms with van der Waals surface area (Å²) in [6.45, 7) is 1.60. The third-order valence-corrected chi connectivity index (χ3v) is 4.66. The number of nitrogens with one attached hydrogen (secondary N) is 1. The number of benzene rings is 1. The molecule has 0 saturated heterocycles. The molecule has 1 aromatic carbocycles. The molecule has 0 bridgehead atoms. The molecule has 6 heteroatoms. The van der Waals surface area contributed by atoms with Gasteiger partial charge in [0.2, 0.25) is 10.0 Å². The van der Waals surface area contributed by atoms with E-state index in [4.69, 9.17) is 4.42 Å². The van der Waals surface area contributed by atoms with Gasteiger partial charge in [-0.15, -0.1) is 0 Å². The number of rotatable bonds is 7. The molecular formula is C16H19NO4S. The van der Waals surface area contributed by atoms with E-state index in [1.54, 1.807) is 54.8 Å². The Kier molecular flexibility index (Phi) is 5.54. The Bertz CT molecular complexity index is 703. The van der Waals surface area contributed by atoms with Crippen LogP contribution in [0, 0.1) is 6.92 Å². The van der Waals surface area contributed by atoms with E-state index >= 15 is 0 Å². The summed E-state index contributed by atoms with van der Waals surface area (Å²) in [7, 11) is -3.64. The minimum Gasteiger partial charge on any atom is -0.465 e. The van der Waals surface area contributed by atoms with Gasteiger partial charge >= 0.3 is 0 Å². The van der Waals surface area contributed by atoms with E-state index in [-0.39, 0.29) is 11.5 Å². The molecule has 2 aromatic rings. The van der Waals surface area contributed by atoms with Crippen LogP contribution < -0.4 is 4.72 Å². The van der Waals surface area contributed by atoms with Crippen molar-refractivity contribution in [1.29, 1.82) is 0 Å². The van der Waals surface area contributed by atoms with Crippen molar-refractivity contribution in [3.05, 3.63) is 60.1 Å². The molecule has 0 aliphatic rings. The normalized spacial score (nSPS) is 13.5. The van der Waals surface area contributed by atoms with Gasteiger partial charge in [0.15, 0.2) is 0 Å². The molecular weight excluding hydrogens is 302 g/mol. The van der Waals surface area contributed by atoms with Crippen LogP contribution in [-0.2, 0) is 10.0 Å². The van der Waals surface area contributed by atoms with Gasteiger partial charge in [0.05, 0.1) is 17.8 Å². The molecule has 118 valence electrons. The zero-order valence-electron chi connectivity index (χ0n) is 12.3. The molecule has 0 radical (unpaired) electrons. The van der Waals surface area contributed by atoms with E-state index < -0.39 is 16.1 Å². The number of sulfonamides is 1. The van der Waals surface area contributed by atoms with E-state index in [1.165, 1.54) is 0 Å². The standard InChI is InChI=1S/C16H19NO4S/c1-13-7-9-16(10-8-13)22(19,20)17-14(12-18)4-2-5-15-6-3-11-21-15/h2-3,5-11,14,17-18H,4,12H2,1H3/b5-2+. The van der Waals surface area contributed by atoms with Gasteiger partial charge in [0.1, 0.15) is 5.76 Å². The van der Waals surface area contributed by atoms with E-state index in [2.05, 4.69) is 4.72 Å². The van der Waals surface area contributed by atoms with Gasteiger partial charge in [-0.1, -0.05) is 23.8 Å². The van der Waals surface area contributed by atoms with Crippen LogP contribution in [-0.4, -0.2) is 26.2 Å². The Balaban J connectivity index is 2.01. The fraction of sp³-hybridized carbons (Fsp3) is 0.250. The lowest BCUT2D eigenvalue weighted by Gasteiger charge is -2.14. The summed E-state index contributed by atoms with van der Waals surface area (Å²) in [6.07, 6.45) is 5.42. The van der Waals surface area contributed by atoms with Gasteiger partial charge < -0.3 is 9.52 Å². The lowest BCUT2D eigenvalue weighted by Crippen LogP contribution is -2.37. The summed E-state index contributed by atoms with van der Waals surface area (Å²) < 4.78 is 32.1. The third-order valence-electron chi connectivity index (χ3n) is 3.12. The molecule has 5 nitrogen and oxygen atoms in total. The first-order valence-electron chi connectivity index (χ1n) is 6.91. The maximum Gasteiger partial charge on any atom is 0.240 e. The summed E-state index contributed by atoms with van der Waals surface area (Å²) >= 11 is 0. The number of hydrogen-bond acceptors (Lipinski definition) is 4. The smallest absolute Gasteiger partial charge is 0.240 e. The average molecular weight is 321 g/mol. The van der Waals surface area contributed by atoms with Crippen LogP contribution in [0.5, 0.6) is 0 Å². The molecule has 1 heterocycles. The molecule has 0 amide bonds. The first kappa shape index (κ1) is 16.5. The van der Waals surface area contributed by atoms with Crippen molar-refractivity contribution in [3.8, 4) is 0 Å². The molecule has 1 unspecified atom stereocenters. The summed E-state index contributed by atoms with van der Waals surface area (Å²) in [5.74, 6) is 0.679. The first-order chi connectivity index (χ1) is 10.5. The molecule has 0 fully saturated rings. The fourth-order valence-electron chi connectivity index (χ4n) is 1.90. The Labute approximate surface area is 130 Å². The maximum absolute atomic E-state index is 12.2. The molecule has 22 heavy (non-hydrogen) atoms. The highest BCUT2D eigenvalue weighted by Gasteiger charge is 2.18. The summed E-state index contributed by atoms with van der Waals surface area (Å²) in [6, 6.07) is 9.54. The van der Waals surface area contributed by atoms with E-state index in [1.807, 2.05) is 6.92 Å². The van der Waals surface area contributed by atoms with Crippen LogP contribution in [0.15, 0.2) is 58.1 Å². The Morgan fingerprint density at radius 3 is 2.59 bits per heavy atom. The second-order valence-electron chi connectivity index (χ2n) is 4.97. The highest BCUT2D eigenvalue weighted by molar-refractivity contribution is 7.89. The van der Waals surface area contributed by atoms with E-state index in [9.17, 15) is 13.5 Å². The molecule has 0 saturated carbocycles. The van der Waals surface area contributed by atoms with Gasteiger partial charge in [-0.2, -0.15) is 0 Å². The SMILES string of the molecule is Cc1ccc(S(=O)(=O)NC(CO)C/C=C/c2ccco2)cc1. The lowest BCUT2D eigenvalue weighted by molar-refractivity contribution is 0.257. The van der Waals surface area contributed by atoms with Crippen molar-refractivity contribution in [2.75, 3.05) is 6.61 Å². The molecule has 0 aliphatic carbocycles. The summed E-state index contributed by atoms with van der Waals surface area (Å²) in [4.78, 5) is 0.187. The zero-order valence-corrected chi connectivity index (χ0v) is 13.1. The zero-order chi connectivity index (χ0) is 16.0. The number of aliphatic hydroxyl groups is 1. The minimum absolute atomic E-state index is 0.187. The van der Waals surface area contributed by atoms with Crippen LogP contribution in [0.1, 0.15) is 17.7 Å². The third kappa shape index (κ3) is 4.56. The summed E-state index contributed by atoms with van der Waals surface area (Å²) in [5.41, 5.74) is 0.985. The van der Waals surface area contributed by atoms with Crippen molar-refractivity contribution in [2.24, 2.45) is 0 Å². The molecule has 0 spiro atoms. The van der Waals surface area contributed by atoms with Crippen molar-refractivity contribution < 1.29 is 17.9 Å². The van der Waals surface area contributed by atoms with E-state index in [0.29, 0.717) is 12.2 Å². The number of aliphatic hydroxyl groups excluding tert-OH is 1. The van der Waals surface area contributed by atoms with E-state index in [0.717, 1.165) is 5.56 Å². The van der Waals surface area contributed by atoms with Crippen molar-refractivity contribution in [2.45, 2.75) is 24.3 Å². The highest BCUT2D eigenvalue weighted by Crippen LogP contribution is 2.12. The molecule has 2 N–H and O–H groups in total. The van der Waals surface area contributed by atoms with Crippen LogP contribution in [0.4, 0.5) is 0 Å². The van der Waals surface area contributed by atoms with Gasteiger partial charge in [-0.25, -0.2) is 13.1 Å². The Hall–Kier alpha value is -1.89. The van der Waals surface area contributed by atoms with Crippen LogP contribution >= 0.6 is 0 Å². The first-order valence-corrected chi connectivity index (χ1v) is 8.39. The largest absolute Gasteiger partial charge is 0.465 e. The van der Waals surface area contributed by atoms with Gasteiger partial charge in [-0.05, 0) is 43.7 Å². The fourth-order valence-corrected chi connectivity index (χ4v) is 3.14. The molecule has 1 aromatic heterocycles. The number of aryl methyl sites for hydroxylation is 1. The Morgan fingerprint density at radius 1 is 1.27 bits per heavy atom. The van der Waals surface area contributed by atoms with Gasteiger partial charge in [0, 0.05) is 6.04 Å². The van der Waals surface area contributed by atoms with Crippen LogP contribution in [0.2, 0.25) is 0 Å². The van der Waals surface area contributed by atoms with Gasteiger partial charge in [-0.3, -0.25) is 0 Å². The lowest BCUT2D eigenvalue weighted by atomic mass is 10.2. The second-order valence-corrected chi connectivity index (χ2v) is 6.68. The van der Waals surface area contributed by atoms with Crippen LogP contribution in [0.25, 0.3) is 6.08 Å². The predicted octanol–water partition coefficient (Wildman–Crippen LogP) is 2.33. The van der Waals surface area contributed by atoms with Crippen LogP contribution in [0.3, 0.4) is 0 Å². The molecule has 1 atom stereocenters. The monoisotopic (exact) mass is 321 g/mol. The quantitative estimate of drug-likeness (QED) is 0.820. The number of hydrogen-bond donors (Lipinski definition) is 2. The average Bonchev–Trinajstić information content (AvgIpc) is 3.00. The predicted molar refractivity (Wildman–Crippen MR) is 84.7 cm³/mol. The Morgan fingerprint density at radius 2 is 2.00 bits per heavy atom.